The molecule has 0 saturated heterocycles. The number of amides is 1. The average Bonchev–Trinajstić information content (AvgIpc) is 2.81. The number of carbonyl (C=O) groups excluding carboxylic acids is 1. The minimum Gasteiger partial charge on any atom is -0.389 e. The predicted octanol–water partition coefficient (Wildman–Crippen LogP) is 1.41. The van der Waals surface area contributed by atoms with Gasteiger partial charge in [0, 0.05) is 16.6 Å². The van der Waals surface area contributed by atoms with E-state index in [1.54, 1.807) is 17.6 Å². The number of rotatable bonds is 4. The predicted molar refractivity (Wildman–Crippen MR) is 78.1 cm³/mol. The number of aryl methyl sites for hydroxylation is 1. The summed E-state index contributed by atoms with van der Waals surface area (Å²) in [6.07, 6.45) is 1.50. The van der Waals surface area contributed by atoms with Gasteiger partial charge in [0.2, 0.25) is 0 Å². The van der Waals surface area contributed by atoms with Crippen molar-refractivity contribution in [1.29, 1.82) is 0 Å². The van der Waals surface area contributed by atoms with Crippen LogP contribution in [0.1, 0.15) is 26.6 Å². The maximum atomic E-state index is 11.9. The van der Waals surface area contributed by atoms with Crippen LogP contribution in [-0.4, -0.2) is 20.9 Å². The van der Waals surface area contributed by atoms with Crippen LogP contribution >= 0.6 is 23.6 Å². The van der Waals surface area contributed by atoms with Gasteiger partial charge in [0.15, 0.2) is 0 Å². The molecule has 0 aliphatic heterocycles. The lowest BCUT2D eigenvalue weighted by atomic mass is 10.2. The number of pyridine rings is 1. The second-order valence-corrected chi connectivity index (χ2v) is 5.22. The third-order valence-corrected chi connectivity index (χ3v) is 3.71. The Kier molecular flexibility index (Phi) is 4.18. The van der Waals surface area contributed by atoms with Crippen molar-refractivity contribution in [3.8, 4) is 0 Å². The molecule has 0 unspecified atom stereocenters. The molecule has 2 aromatic rings. The highest BCUT2D eigenvalue weighted by molar-refractivity contribution is 7.80. The van der Waals surface area contributed by atoms with Crippen LogP contribution < -0.4 is 11.1 Å². The van der Waals surface area contributed by atoms with Gasteiger partial charge in [-0.1, -0.05) is 12.2 Å². The van der Waals surface area contributed by atoms with Crippen molar-refractivity contribution < 1.29 is 4.79 Å². The van der Waals surface area contributed by atoms with Crippen molar-refractivity contribution >= 4 is 34.5 Å². The molecule has 0 aromatic carbocycles. The summed E-state index contributed by atoms with van der Waals surface area (Å²) in [6, 6.07) is 3.28. The summed E-state index contributed by atoms with van der Waals surface area (Å²) in [7, 11) is 0. The summed E-state index contributed by atoms with van der Waals surface area (Å²) in [6.45, 7) is 2.36. The SMILES string of the molecule is Cc1ncsc1CNC(=O)c1ccc(C(N)=S)cn1. The van der Waals surface area contributed by atoms with Gasteiger partial charge in [-0.15, -0.1) is 11.3 Å². The fourth-order valence-corrected chi connectivity index (χ4v) is 2.26. The van der Waals surface area contributed by atoms with Gasteiger partial charge in [0.05, 0.1) is 17.7 Å². The molecule has 0 fully saturated rings. The van der Waals surface area contributed by atoms with Crippen molar-refractivity contribution in [3.63, 3.8) is 0 Å². The van der Waals surface area contributed by atoms with Crippen molar-refractivity contribution in [2.24, 2.45) is 5.73 Å². The molecular formula is C12H12N4OS2. The monoisotopic (exact) mass is 292 g/mol. The first-order valence-electron chi connectivity index (χ1n) is 5.51. The van der Waals surface area contributed by atoms with E-state index in [1.165, 1.54) is 17.5 Å². The Balaban J connectivity index is 2.00. The number of carbonyl (C=O) groups is 1. The highest BCUT2D eigenvalue weighted by Gasteiger charge is 2.09. The number of aromatic nitrogens is 2. The van der Waals surface area contributed by atoms with Gasteiger partial charge in [0.25, 0.3) is 5.91 Å². The van der Waals surface area contributed by atoms with E-state index < -0.39 is 0 Å². The summed E-state index contributed by atoms with van der Waals surface area (Å²) < 4.78 is 0. The summed E-state index contributed by atoms with van der Waals surface area (Å²) >= 11 is 6.34. The average molecular weight is 292 g/mol. The summed E-state index contributed by atoms with van der Waals surface area (Å²) in [5, 5.41) is 2.80. The van der Waals surface area contributed by atoms with Crippen molar-refractivity contribution in [2.75, 3.05) is 0 Å². The maximum Gasteiger partial charge on any atom is 0.270 e. The summed E-state index contributed by atoms with van der Waals surface area (Å²) in [5.41, 5.74) is 9.13. The lowest BCUT2D eigenvalue weighted by Gasteiger charge is -2.04. The van der Waals surface area contributed by atoms with E-state index in [1.807, 2.05) is 6.92 Å². The number of hydrogen-bond donors (Lipinski definition) is 2. The Hall–Kier alpha value is -1.86. The molecule has 0 radical (unpaired) electrons. The minimum absolute atomic E-state index is 0.234. The van der Waals surface area contributed by atoms with E-state index in [9.17, 15) is 4.79 Å². The lowest BCUT2D eigenvalue weighted by Crippen LogP contribution is -2.24. The molecule has 1 amide bonds. The molecule has 0 aliphatic carbocycles. The highest BCUT2D eigenvalue weighted by Crippen LogP contribution is 2.11. The third-order valence-electron chi connectivity index (χ3n) is 2.53. The number of nitrogens with two attached hydrogens (primary N) is 1. The van der Waals surface area contributed by atoms with Crippen LogP contribution in [0.3, 0.4) is 0 Å². The zero-order chi connectivity index (χ0) is 13.8. The van der Waals surface area contributed by atoms with Crippen LogP contribution in [0.5, 0.6) is 0 Å². The first kappa shape index (κ1) is 13.6. The van der Waals surface area contributed by atoms with Crippen LogP contribution in [0.25, 0.3) is 0 Å². The van der Waals surface area contributed by atoms with Gasteiger partial charge in [-0.2, -0.15) is 0 Å². The van der Waals surface area contributed by atoms with Crippen LogP contribution in [-0.2, 0) is 6.54 Å². The van der Waals surface area contributed by atoms with Crippen molar-refractivity contribution in [1.82, 2.24) is 15.3 Å². The molecule has 0 atom stereocenters. The maximum absolute atomic E-state index is 11.9. The Bertz CT molecular complexity index is 606. The summed E-state index contributed by atoms with van der Waals surface area (Å²) in [4.78, 5) is 21.3. The van der Waals surface area contributed by atoms with Crippen LogP contribution in [0.2, 0.25) is 0 Å². The molecule has 2 heterocycles. The minimum atomic E-state index is -0.234. The van der Waals surface area contributed by atoms with Gasteiger partial charge >= 0.3 is 0 Å². The van der Waals surface area contributed by atoms with Crippen molar-refractivity contribution in [2.45, 2.75) is 13.5 Å². The quantitative estimate of drug-likeness (QED) is 0.833. The molecule has 19 heavy (non-hydrogen) atoms. The Morgan fingerprint density at radius 3 is 2.79 bits per heavy atom. The van der Waals surface area contributed by atoms with E-state index in [-0.39, 0.29) is 10.9 Å². The molecule has 3 N–H and O–H groups in total. The molecule has 0 saturated carbocycles. The normalized spacial score (nSPS) is 10.2. The Labute approximate surface area is 119 Å². The van der Waals surface area contributed by atoms with Gasteiger partial charge in [-0.05, 0) is 19.1 Å². The number of nitrogens with one attached hydrogen (secondary N) is 1. The Morgan fingerprint density at radius 1 is 1.47 bits per heavy atom. The Morgan fingerprint density at radius 2 is 2.26 bits per heavy atom. The molecular weight excluding hydrogens is 280 g/mol. The molecule has 2 rings (SSSR count). The van der Waals surface area contributed by atoms with E-state index in [4.69, 9.17) is 18.0 Å². The second-order valence-electron chi connectivity index (χ2n) is 3.84. The zero-order valence-electron chi connectivity index (χ0n) is 10.2. The standard InChI is InChI=1S/C12H12N4OS2/c1-7-10(19-6-16-7)5-15-12(17)9-3-2-8(4-14-9)11(13)18/h2-4,6H,5H2,1H3,(H2,13,18)(H,15,17). The zero-order valence-corrected chi connectivity index (χ0v) is 11.8. The second kappa shape index (κ2) is 5.85. The highest BCUT2D eigenvalue weighted by atomic mass is 32.1. The van der Waals surface area contributed by atoms with Gasteiger partial charge < -0.3 is 11.1 Å². The smallest absolute Gasteiger partial charge is 0.270 e. The van der Waals surface area contributed by atoms with Crippen molar-refractivity contribution in [3.05, 3.63) is 45.7 Å². The third kappa shape index (κ3) is 3.33. The fourth-order valence-electron chi connectivity index (χ4n) is 1.42. The molecule has 5 nitrogen and oxygen atoms in total. The molecule has 98 valence electrons. The largest absolute Gasteiger partial charge is 0.389 e. The molecule has 0 aliphatic rings. The number of hydrogen-bond acceptors (Lipinski definition) is 5. The molecule has 0 bridgehead atoms. The van der Waals surface area contributed by atoms with Crippen LogP contribution in [0.15, 0.2) is 23.8 Å². The van der Waals surface area contributed by atoms with E-state index in [2.05, 4.69) is 15.3 Å². The molecule has 2 aromatic heterocycles. The first-order chi connectivity index (χ1) is 9.08. The lowest BCUT2D eigenvalue weighted by molar-refractivity contribution is 0.0946. The number of nitrogens with zero attached hydrogens (tertiary/aromatic N) is 2. The van der Waals surface area contributed by atoms with Gasteiger partial charge in [-0.25, -0.2) is 4.98 Å². The van der Waals surface area contributed by atoms with Crippen LogP contribution in [0, 0.1) is 6.92 Å². The molecule has 0 spiro atoms. The van der Waals surface area contributed by atoms with Crippen LogP contribution in [0.4, 0.5) is 0 Å². The molecule has 7 heteroatoms. The van der Waals surface area contributed by atoms with E-state index in [0.29, 0.717) is 17.8 Å². The topological polar surface area (TPSA) is 80.9 Å². The number of thiocarbonyl (C=S) groups is 1. The first-order valence-corrected chi connectivity index (χ1v) is 6.79. The fraction of sp³-hybridized carbons (Fsp3) is 0.167. The van der Waals surface area contributed by atoms with Gasteiger partial charge in [0.1, 0.15) is 10.7 Å². The van der Waals surface area contributed by atoms with E-state index >= 15 is 0 Å². The summed E-state index contributed by atoms with van der Waals surface area (Å²) in [5.74, 6) is -0.234. The van der Waals surface area contributed by atoms with E-state index in [0.717, 1.165) is 10.6 Å². The van der Waals surface area contributed by atoms with Gasteiger partial charge in [-0.3, -0.25) is 9.78 Å². The number of thiazole rings is 1.